The molecule has 29 heavy (non-hydrogen) atoms. The lowest BCUT2D eigenvalue weighted by Gasteiger charge is -2.32. The van der Waals surface area contributed by atoms with Gasteiger partial charge in [-0.2, -0.15) is 0 Å². The second-order valence-electron chi connectivity index (χ2n) is 6.78. The van der Waals surface area contributed by atoms with Crippen LogP contribution < -0.4 is 10.1 Å². The number of rotatable bonds is 5. The Morgan fingerprint density at radius 3 is 2.62 bits per heavy atom. The molecule has 0 atom stereocenters. The van der Waals surface area contributed by atoms with Gasteiger partial charge in [-0.1, -0.05) is 0 Å². The number of hydrogen-bond donors (Lipinski definition) is 2. The molecule has 1 amide bonds. The van der Waals surface area contributed by atoms with E-state index in [0.717, 1.165) is 5.52 Å². The number of alkyl halides is 3. The van der Waals surface area contributed by atoms with Crippen LogP contribution in [-0.4, -0.2) is 32.2 Å². The Labute approximate surface area is 177 Å². The molecule has 0 unspecified atom stereocenters. The minimum absolute atomic E-state index is 0.126. The molecule has 6 nitrogen and oxygen atoms in total. The third-order valence-electron chi connectivity index (χ3n) is 4.71. The summed E-state index contributed by atoms with van der Waals surface area (Å²) in [7, 11) is 0. The van der Waals surface area contributed by atoms with E-state index in [9.17, 15) is 18.7 Å². The smallest absolute Gasteiger partial charge is 0.420 e. The number of nitrogens with one attached hydrogen (secondary N) is 1. The molecule has 0 radical (unpaired) electrons. The van der Waals surface area contributed by atoms with E-state index in [0.29, 0.717) is 34.1 Å². The van der Waals surface area contributed by atoms with Crippen LogP contribution in [-0.2, 0) is 0 Å². The lowest BCUT2D eigenvalue weighted by molar-refractivity contribution is -0.0964. The summed E-state index contributed by atoms with van der Waals surface area (Å²) in [6.45, 7) is 0. The number of ether oxygens (including phenoxy) is 1. The number of amides is 1. The molecule has 0 saturated heterocycles. The molecular formula is C19H15BrClF2N3O3. The van der Waals surface area contributed by atoms with E-state index in [1.54, 1.807) is 18.5 Å². The van der Waals surface area contributed by atoms with Gasteiger partial charge < -0.3 is 19.7 Å². The van der Waals surface area contributed by atoms with Crippen molar-refractivity contribution in [3.8, 4) is 5.75 Å². The fourth-order valence-electron chi connectivity index (χ4n) is 3.26. The van der Waals surface area contributed by atoms with Crippen molar-refractivity contribution < 1.29 is 23.4 Å². The van der Waals surface area contributed by atoms with Crippen molar-refractivity contribution in [2.45, 2.75) is 30.6 Å². The zero-order valence-electron chi connectivity index (χ0n) is 14.8. The second-order valence-corrected chi connectivity index (χ2v) is 8.08. The summed E-state index contributed by atoms with van der Waals surface area (Å²) in [5.41, 5.74) is -1.49. The number of aromatic nitrogens is 2. The number of hydrogen-bond acceptors (Lipinski definition) is 4. The predicted octanol–water partition coefficient (Wildman–Crippen LogP) is 4.91. The number of nitrogens with zero attached hydrogens (tertiary/aromatic N) is 2. The van der Waals surface area contributed by atoms with Gasteiger partial charge in [0, 0.05) is 33.4 Å². The van der Waals surface area contributed by atoms with Crippen LogP contribution in [0, 0.1) is 0 Å². The van der Waals surface area contributed by atoms with Gasteiger partial charge in [0.1, 0.15) is 5.75 Å². The van der Waals surface area contributed by atoms with Crippen molar-refractivity contribution in [3.63, 3.8) is 0 Å². The highest BCUT2D eigenvalue weighted by Crippen LogP contribution is 2.37. The molecular weight excluding hydrogens is 472 g/mol. The molecule has 10 heteroatoms. The average Bonchev–Trinajstić information content (AvgIpc) is 3.03. The number of fused-ring (bicyclic) bond motifs is 1. The summed E-state index contributed by atoms with van der Waals surface area (Å²) >= 11 is 8.23. The second kappa shape index (κ2) is 7.55. The zero-order valence-corrected chi connectivity index (χ0v) is 17.1. The normalized spacial score (nSPS) is 19.1. The quantitative estimate of drug-likeness (QED) is 0.502. The van der Waals surface area contributed by atoms with E-state index in [2.05, 4.69) is 31.0 Å². The maximum Gasteiger partial charge on any atom is 0.487 e. The fraction of sp³-hybridized carbons (Fsp3) is 0.263. The number of imidazole rings is 1. The van der Waals surface area contributed by atoms with Crippen molar-refractivity contribution in [2.24, 2.45) is 0 Å². The van der Waals surface area contributed by atoms with Crippen LogP contribution in [0.25, 0.3) is 11.0 Å². The van der Waals surface area contributed by atoms with Gasteiger partial charge in [0.25, 0.3) is 5.91 Å². The van der Waals surface area contributed by atoms with Gasteiger partial charge in [-0.3, -0.25) is 4.79 Å². The summed E-state index contributed by atoms with van der Waals surface area (Å²) in [4.78, 5) is 17.0. The maximum atomic E-state index is 12.7. The number of carbonyl (C=O) groups excluding carboxylic acids is 1. The van der Waals surface area contributed by atoms with E-state index >= 15 is 0 Å². The van der Waals surface area contributed by atoms with Crippen molar-refractivity contribution in [1.82, 2.24) is 9.55 Å². The number of halogens is 4. The number of aliphatic hydroxyl groups excluding tert-OH is 1. The molecule has 1 fully saturated rings. The Hall–Kier alpha value is -2.23. The Kier molecular flexibility index (Phi) is 5.22. The first-order valence-electron chi connectivity index (χ1n) is 8.71. The van der Waals surface area contributed by atoms with Crippen LogP contribution in [0.4, 0.5) is 14.5 Å². The number of benzene rings is 2. The highest BCUT2D eigenvalue weighted by atomic mass is 79.9. The number of carbonyl (C=O) groups is 1. The largest absolute Gasteiger partial charge is 0.487 e. The van der Waals surface area contributed by atoms with E-state index in [1.807, 2.05) is 4.57 Å². The standard InChI is InChI=1S/C19H15BrClF2N3O3/c20-15-5-10(6-16-17(15)26(9-24-16)12-7-13(27)8-12)18(28)25-11-1-3-14(4-2-11)29-19(21,22)23/h1-6,9,12-13,27H,7-8H2,(H,25,28)/t12-,13+. The highest BCUT2D eigenvalue weighted by Gasteiger charge is 2.30. The lowest BCUT2D eigenvalue weighted by atomic mass is 9.89. The third-order valence-corrected chi connectivity index (χ3v) is 5.39. The molecule has 1 saturated carbocycles. The Morgan fingerprint density at radius 2 is 2.00 bits per heavy atom. The van der Waals surface area contributed by atoms with Gasteiger partial charge in [0.15, 0.2) is 0 Å². The number of anilines is 1. The van der Waals surface area contributed by atoms with Crippen molar-refractivity contribution in [3.05, 3.63) is 52.8 Å². The SMILES string of the molecule is O=C(Nc1ccc(OC(F)(F)Cl)cc1)c1cc(Br)c2c(c1)ncn2[C@H]1C[C@@H](O)C1. The van der Waals surface area contributed by atoms with E-state index in [-0.39, 0.29) is 23.8 Å². The van der Waals surface area contributed by atoms with Crippen LogP contribution in [0.15, 0.2) is 47.2 Å². The lowest BCUT2D eigenvalue weighted by Crippen LogP contribution is -2.30. The molecule has 2 N–H and O–H groups in total. The monoisotopic (exact) mass is 485 g/mol. The summed E-state index contributed by atoms with van der Waals surface area (Å²) in [6, 6.07) is 8.97. The van der Waals surface area contributed by atoms with Gasteiger partial charge in [0.2, 0.25) is 0 Å². The Bertz CT molecular complexity index is 1060. The van der Waals surface area contributed by atoms with E-state index < -0.39 is 5.57 Å². The van der Waals surface area contributed by atoms with E-state index in [4.69, 9.17) is 11.6 Å². The molecule has 152 valence electrons. The first-order valence-corrected chi connectivity index (χ1v) is 9.88. The fourth-order valence-corrected chi connectivity index (χ4v) is 4.00. The minimum Gasteiger partial charge on any atom is -0.420 e. The Morgan fingerprint density at radius 1 is 1.31 bits per heavy atom. The predicted molar refractivity (Wildman–Crippen MR) is 108 cm³/mol. The van der Waals surface area contributed by atoms with Crippen LogP contribution in [0.3, 0.4) is 0 Å². The van der Waals surface area contributed by atoms with Crippen LogP contribution >= 0.6 is 27.5 Å². The van der Waals surface area contributed by atoms with Crippen LogP contribution in [0.5, 0.6) is 5.75 Å². The van der Waals surface area contributed by atoms with Crippen molar-refractivity contribution in [2.75, 3.05) is 5.32 Å². The van der Waals surface area contributed by atoms with Crippen molar-refractivity contribution in [1.29, 1.82) is 0 Å². The molecule has 3 aromatic rings. The van der Waals surface area contributed by atoms with Gasteiger partial charge in [-0.15, -0.1) is 8.78 Å². The topological polar surface area (TPSA) is 76.4 Å². The average molecular weight is 487 g/mol. The molecule has 4 rings (SSSR count). The van der Waals surface area contributed by atoms with Crippen molar-refractivity contribution >= 4 is 50.2 Å². The summed E-state index contributed by atoms with van der Waals surface area (Å²) in [5, 5.41) is 12.2. The van der Waals surface area contributed by atoms with Crippen LogP contribution in [0.1, 0.15) is 29.2 Å². The molecule has 0 spiro atoms. The molecule has 1 heterocycles. The molecule has 1 aromatic heterocycles. The summed E-state index contributed by atoms with van der Waals surface area (Å²) in [6.07, 6.45) is 2.78. The third kappa shape index (κ3) is 4.36. The van der Waals surface area contributed by atoms with Gasteiger partial charge >= 0.3 is 5.57 Å². The zero-order chi connectivity index (χ0) is 20.8. The van der Waals surface area contributed by atoms with Gasteiger partial charge in [-0.25, -0.2) is 4.98 Å². The molecule has 2 aromatic carbocycles. The molecule has 1 aliphatic rings. The summed E-state index contributed by atoms with van der Waals surface area (Å²) in [5.74, 6) is -0.503. The van der Waals surface area contributed by atoms with Crippen LogP contribution in [0.2, 0.25) is 0 Å². The van der Waals surface area contributed by atoms with E-state index in [1.165, 1.54) is 24.3 Å². The van der Waals surface area contributed by atoms with Gasteiger partial charge in [0.05, 0.1) is 23.5 Å². The Balaban J connectivity index is 1.51. The molecule has 0 aliphatic heterocycles. The highest BCUT2D eigenvalue weighted by molar-refractivity contribution is 9.10. The van der Waals surface area contributed by atoms with Gasteiger partial charge in [-0.05, 0) is 65.2 Å². The molecule has 0 bridgehead atoms. The summed E-state index contributed by atoms with van der Waals surface area (Å²) < 4.78 is 32.3. The maximum absolute atomic E-state index is 12.7. The molecule has 1 aliphatic carbocycles. The first kappa shape index (κ1) is 20.1. The first-order chi connectivity index (χ1) is 13.7. The minimum atomic E-state index is -3.80. The number of aliphatic hydroxyl groups is 1.